The molecule has 0 saturated carbocycles. The predicted octanol–water partition coefficient (Wildman–Crippen LogP) is 2.58. The summed E-state index contributed by atoms with van der Waals surface area (Å²) in [6, 6.07) is 7.95. The minimum atomic E-state index is -0.299. The summed E-state index contributed by atoms with van der Waals surface area (Å²) < 4.78 is 16.5. The zero-order chi connectivity index (χ0) is 11.1. The zero-order valence-corrected chi connectivity index (χ0v) is 10.5. The Morgan fingerprint density at radius 1 is 1.20 bits per heavy atom. The first kappa shape index (κ1) is 12.6. The molecule has 0 aliphatic heterocycles. The van der Waals surface area contributed by atoms with Crippen LogP contribution in [0.5, 0.6) is 0 Å². The second-order valence-corrected chi connectivity index (χ2v) is 3.86. The number of halogens is 1. The summed E-state index contributed by atoms with van der Waals surface area (Å²) in [5.74, 6) is 0. The maximum Gasteiger partial charge on any atom is 0.180 e. The Balaban J connectivity index is 2.34. The molecule has 1 rings (SSSR count). The van der Waals surface area contributed by atoms with Gasteiger partial charge in [0.25, 0.3) is 0 Å². The lowest BCUT2D eigenvalue weighted by atomic mass is 10.2. The van der Waals surface area contributed by atoms with Crippen LogP contribution in [0, 0.1) is 0 Å². The van der Waals surface area contributed by atoms with Crippen LogP contribution < -0.4 is 0 Å². The Morgan fingerprint density at radius 2 is 1.87 bits per heavy atom. The van der Waals surface area contributed by atoms with E-state index in [0.717, 1.165) is 10.0 Å². The molecule has 0 unspecified atom stereocenters. The van der Waals surface area contributed by atoms with Crippen molar-refractivity contribution in [1.82, 2.24) is 0 Å². The molecule has 1 aromatic carbocycles. The molecule has 0 bridgehead atoms. The van der Waals surface area contributed by atoms with Gasteiger partial charge in [0.15, 0.2) is 6.29 Å². The fraction of sp³-hybridized carbons (Fsp3) is 0.455. The molecule has 1 aromatic rings. The van der Waals surface area contributed by atoms with E-state index in [1.54, 1.807) is 14.2 Å². The van der Waals surface area contributed by atoms with E-state index < -0.39 is 0 Å². The Hall–Kier alpha value is -0.420. The van der Waals surface area contributed by atoms with Crippen molar-refractivity contribution in [2.75, 3.05) is 20.8 Å². The van der Waals surface area contributed by atoms with Gasteiger partial charge >= 0.3 is 0 Å². The summed E-state index contributed by atoms with van der Waals surface area (Å²) in [6.45, 7) is 0.971. The first-order valence-electron chi connectivity index (χ1n) is 4.64. The third-order valence-electron chi connectivity index (χ3n) is 2.00. The topological polar surface area (TPSA) is 27.7 Å². The van der Waals surface area contributed by atoms with Gasteiger partial charge in [-0.3, -0.25) is 0 Å². The Morgan fingerprint density at radius 3 is 2.47 bits per heavy atom. The molecule has 0 fully saturated rings. The van der Waals surface area contributed by atoms with E-state index in [9.17, 15) is 0 Å². The molecular formula is C11H15BrO3. The van der Waals surface area contributed by atoms with Gasteiger partial charge < -0.3 is 14.2 Å². The maximum absolute atomic E-state index is 5.46. The van der Waals surface area contributed by atoms with Crippen molar-refractivity contribution in [2.45, 2.75) is 12.9 Å². The van der Waals surface area contributed by atoms with Crippen molar-refractivity contribution in [3.63, 3.8) is 0 Å². The molecule has 0 aliphatic carbocycles. The van der Waals surface area contributed by atoms with Crippen molar-refractivity contribution in [1.29, 1.82) is 0 Å². The van der Waals surface area contributed by atoms with Gasteiger partial charge in [0.05, 0.1) is 13.2 Å². The van der Waals surface area contributed by atoms with Crippen LogP contribution in [0.4, 0.5) is 0 Å². The van der Waals surface area contributed by atoms with E-state index >= 15 is 0 Å². The standard InChI is InChI=1S/C11H15BrO3/c1-13-11(14-2)8-15-7-9-5-3-4-6-10(9)12/h3-6,11H,7-8H2,1-2H3. The molecule has 0 amide bonds. The molecule has 0 radical (unpaired) electrons. The van der Waals surface area contributed by atoms with Crippen molar-refractivity contribution in [3.8, 4) is 0 Å². The van der Waals surface area contributed by atoms with E-state index in [1.807, 2.05) is 24.3 Å². The maximum atomic E-state index is 5.46. The van der Waals surface area contributed by atoms with Gasteiger partial charge in [-0.2, -0.15) is 0 Å². The lowest BCUT2D eigenvalue weighted by Crippen LogP contribution is -2.20. The van der Waals surface area contributed by atoms with Gasteiger partial charge in [-0.15, -0.1) is 0 Å². The van der Waals surface area contributed by atoms with Gasteiger partial charge in [0.2, 0.25) is 0 Å². The van der Waals surface area contributed by atoms with Crippen LogP contribution in [0.25, 0.3) is 0 Å². The fourth-order valence-corrected chi connectivity index (χ4v) is 1.51. The molecule has 0 N–H and O–H groups in total. The SMILES string of the molecule is COC(COCc1ccccc1Br)OC. The number of hydrogen-bond donors (Lipinski definition) is 0. The molecule has 0 aliphatic rings. The molecule has 0 aromatic heterocycles. The van der Waals surface area contributed by atoms with Gasteiger partial charge in [0.1, 0.15) is 0 Å². The van der Waals surface area contributed by atoms with Crippen molar-refractivity contribution < 1.29 is 14.2 Å². The molecule has 0 spiro atoms. The van der Waals surface area contributed by atoms with Gasteiger partial charge in [-0.05, 0) is 11.6 Å². The molecule has 84 valence electrons. The highest BCUT2D eigenvalue weighted by atomic mass is 79.9. The smallest absolute Gasteiger partial charge is 0.180 e. The average molecular weight is 275 g/mol. The first-order valence-corrected chi connectivity index (χ1v) is 5.44. The third-order valence-corrected chi connectivity index (χ3v) is 2.77. The molecular weight excluding hydrogens is 260 g/mol. The minimum Gasteiger partial charge on any atom is -0.371 e. The van der Waals surface area contributed by atoms with Crippen LogP contribution >= 0.6 is 15.9 Å². The average Bonchev–Trinajstić information content (AvgIpc) is 2.27. The molecule has 3 nitrogen and oxygen atoms in total. The lowest BCUT2D eigenvalue weighted by molar-refractivity contribution is -0.142. The Kier molecular flexibility index (Phi) is 5.86. The van der Waals surface area contributed by atoms with Crippen LogP contribution in [0.2, 0.25) is 0 Å². The van der Waals surface area contributed by atoms with E-state index in [1.165, 1.54) is 0 Å². The highest BCUT2D eigenvalue weighted by Gasteiger charge is 2.05. The number of rotatable bonds is 6. The van der Waals surface area contributed by atoms with Gasteiger partial charge in [-0.25, -0.2) is 0 Å². The summed E-state index contributed by atoms with van der Waals surface area (Å²) in [5.41, 5.74) is 1.11. The number of methoxy groups -OCH3 is 2. The van der Waals surface area contributed by atoms with E-state index in [4.69, 9.17) is 14.2 Å². The van der Waals surface area contributed by atoms with E-state index in [-0.39, 0.29) is 6.29 Å². The van der Waals surface area contributed by atoms with Crippen molar-refractivity contribution in [2.24, 2.45) is 0 Å². The van der Waals surface area contributed by atoms with Crippen molar-refractivity contribution >= 4 is 15.9 Å². The molecule has 15 heavy (non-hydrogen) atoms. The van der Waals surface area contributed by atoms with E-state index in [2.05, 4.69) is 15.9 Å². The molecule has 0 heterocycles. The first-order chi connectivity index (χ1) is 7.27. The van der Waals surface area contributed by atoms with E-state index in [0.29, 0.717) is 13.2 Å². The molecule has 0 atom stereocenters. The summed E-state index contributed by atoms with van der Waals surface area (Å²) in [5, 5.41) is 0. The van der Waals surface area contributed by atoms with Crippen molar-refractivity contribution in [3.05, 3.63) is 34.3 Å². The molecule has 4 heteroatoms. The predicted molar refractivity (Wildman–Crippen MR) is 61.6 cm³/mol. The second kappa shape index (κ2) is 6.95. The summed E-state index contributed by atoms with van der Waals surface area (Å²) in [4.78, 5) is 0. The zero-order valence-electron chi connectivity index (χ0n) is 8.90. The number of ether oxygens (including phenoxy) is 3. The summed E-state index contributed by atoms with van der Waals surface area (Å²) in [7, 11) is 3.19. The largest absolute Gasteiger partial charge is 0.371 e. The second-order valence-electron chi connectivity index (χ2n) is 3.01. The highest BCUT2D eigenvalue weighted by molar-refractivity contribution is 9.10. The summed E-state index contributed by atoms with van der Waals surface area (Å²) >= 11 is 3.46. The number of hydrogen-bond acceptors (Lipinski definition) is 3. The molecule has 0 saturated heterocycles. The van der Waals surface area contributed by atoms with Crippen LogP contribution in [-0.2, 0) is 20.8 Å². The van der Waals surface area contributed by atoms with Crippen LogP contribution in [0.3, 0.4) is 0 Å². The number of benzene rings is 1. The Bertz CT molecular complexity index is 287. The minimum absolute atomic E-state index is 0.299. The quantitative estimate of drug-likeness (QED) is 0.747. The normalized spacial score (nSPS) is 10.9. The van der Waals surface area contributed by atoms with Crippen LogP contribution in [0.1, 0.15) is 5.56 Å². The van der Waals surface area contributed by atoms with Gasteiger partial charge in [0, 0.05) is 18.7 Å². The highest BCUT2D eigenvalue weighted by Crippen LogP contribution is 2.16. The summed E-state index contributed by atoms with van der Waals surface area (Å²) in [6.07, 6.45) is -0.299. The monoisotopic (exact) mass is 274 g/mol. The third kappa shape index (κ3) is 4.30. The van der Waals surface area contributed by atoms with Crippen LogP contribution in [0.15, 0.2) is 28.7 Å². The van der Waals surface area contributed by atoms with Gasteiger partial charge in [-0.1, -0.05) is 34.1 Å². The Labute approximate surface area is 98.5 Å². The fourth-order valence-electron chi connectivity index (χ4n) is 1.11. The van der Waals surface area contributed by atoms with Crippen LogP contribution in [-0.4, -0.2) is 27.1 Å². The lowest BCUT2D eigenvalue weighted by Gasteiger charge is -2.13.